The number of halogens is 2. The van der Waals surface area contributed by atoms with E-state index in [4.69, 9.17) is 28.9 Å². The maximum atomic E-state index is 11.3. The first-order valence-corrected chi connectivity index (χ1v) is 6.11. The lowest BCUT2D eigenvalue weighted by Gasteiger charge is -2.21. The number of anilines is 1. The molecule has 0 aliphatic heterocycles. The molecule has 0 radical (unpaired) electrons. The van der Waals surface area contributed by atoms with E-state index < -0.39 is 11.9 Å². The number of carboxylic acids is 1. The fourth-order valence-corrected chi connectivity index (χ4v) is 2.29. The molecule has 3 N–H and O–H groups in total. The highest BCUT2D eigenvalue weighted by atomic mass is 35.5. The third kappa shape index (κ3) is 3.05. The molecule has 94 valence electrons. The summed E-state index contributed by atoms with van der Waals surface area (Å²) >= 11 is 11.8. The SMILES string of the molecule is CCC(C)C(C(=O)O)c1cc(Cl)cc(Cl)c1N. The number of nitrogen functional groups attached to an aromatic ring is 1. The van der Waals surface area contributed by atoms with Gasteiger partial charge in [0.15, 0.2) is 0 Å². The van der Waals surface area contributed by atoms with Crippen LogP contribution in [0.25, 0.3) is 0 Å². The number of aliphatic carboxylic acids is 1. The van der Waals surface area contributed by atoms with E-state index in [1.165, 1.54) is 6.07 Å². The molecule has 17 heavy (non-hydrogen) atoms. The van der Waals surface area contributed by atoms with Gasteiger partial charge in [0.05, 0.1) is 16.6 Å². The Morgan fingerprint density at radius 1 is 1.47 bits per heavy atom. The average molecular weight is 276 g/mol. The molecule has 0 heterocycles. The molecule has 0 saturated carbocycles. The molecule has 1 aromatic rings. The van der Waals surface area contributed by atoms with Gasteiger partial charge in [-0.25, -0.2) is 0 Å². The molecule has 0 saturated heterocycles. The predicted molar refractivity (Wildman–Crippen MR) is 70.7 cm³/mol. The van der Waals surface area contributed by atoms with E-state index in [-0.39, 0.29) is 5.92 Å². The minimum absolute atomic E-state index is 0.0377. The second-order valence-electron chi connectivity index (χ2n) is 4.09. The van der Waals surface area contributed by atoms with Crippen molar-refractivity contribution in [3.05, 3.63) is 27.7 Å². The van der Waals surface area contributed by atoms with Crippen LogP contribution in [-0.2, 0) is 4.79 Å². The zero-order valence-corrected chi connectivity index (χ0v) is 11.2. The standard InChI is InChI=1S/C12H15Cl2NO2/c1-3-6(2)10(12(16)17)8-4-7(13)5-9(14)11(8)15/h4-6,10H,3,15H2,1-2H3,(H,16,17). The van der Waals surface area contributed by atoms with Crippen molar-refractivity contribution in [3.8, 4) is 0 Å². The van der Waals surface area contributed by atoms with Gasteiger partial charge in [-0.1, -0.05) is 43.5 Å². The maximum absolute atomic E-state index is 11.3. The van der Waals surface area contributed by atoms with Crippen molar-refractivity contribution >= 4 is 34.9 Å². The number of hydrogen-bond donors (Lipinski definition) is 2. The van der Waals surface area contributed by atoms with Gasteiger partial charge >= 0.3 is 5.97 Å². The normalized spacial score (nSPS) is 14.4. The first-order chi connectivity index (χ1) is 7.88. The summed E-state index contributed by atoms with van der Waals surface area (Å²) in [5.74, 6) is -1.63. The van der Waals surface area contributed by atoms with E-state index in [1.54, 1.807) is 6.07 Å². The molecule has 2 atom stereocenters. The van der Waals surface area contributed by atoms with Crippen LogP contribution in [-0.4, -0.2) is 11.1 Å². The van der Waals surface area contributed by atoms with Crippen molar-refractivity contribution in [2.75, 3.05) is 5.73 Å². The van der Waals surface area contributed by atoms with Crippen LogP contribution in [0.5, 0.6) is 0 Å². The smallest absolute Gasteiger partial charge is 0.311 e. The van der Waals surface area contributed by atoms with E-state index in [1.807, 2.05) is 13.8 Å². The number of benzene rings is 1. The molecule has 2 unspecified atom stereocenters. The Kier molecular flexibility index (Phi) is 4.66. The van der Waals surface area contributed by atoms with Gasteiger partial charge in [0, 0.05) is 5.02 Å². The molecule has 1 rings (SSSR count). The lowest BCUT2D eigenvalue weighted by atomic mass is 9.85. The molecule has 3 nitrogen and oxygen atoms in total. The van der Waals surface area contributed by atoms with Gasteiger partial charge in [-0.05, 0) is 23.6 Å². The Bertz CT molecular complexity index is 435. The van der Waals surface area contributed by atoms with Crippen molar-refractivity contribution in [1.82, 2.24) is 0 Å². The van der Waals surface area contributed by atoms with E-state index in [2.05, 4.69) is 0 Å². The Balaban J connectivity index is 3.32. The highest BCUT2D eigenvalue weighted by Gasteiger charge is 2.28. The summed E-state index contributed by atoms with van der Waals surface area (Å²) in [6.45, 7) is 3.80. The van der Waals surface area contributed by atoms with Crippen LogP contribution < -0.4 is 5.73 Å². The lowest BCUT2D eigenvalue weighted by molar-refractivity contribution is -0.140. The van der Waals surface area contributed by atoms with Crippen molar-refractivity contribution < 1.29 is 9.90 Å². The van der Waals surface area contributed by atoms with Crippen molar-refractivity contribution in [1.29, 1.82) is 0 Å². The van der Waals surface area contributed by atoms with E-state index in [0.717, 1.165) is 6.42 Å². The number of hydrogen-bond acceptors (Lipinski definition) is 2. The van der Waals surface area contributed by atoms with Crippen LogP contribution in [0.3, 0.4) is 0 Å². The summed E-state index contributed by atoms with van der Waals surface area (Å²) in [5, 5.41) is 9.98. The van der Waals surface area contributed by atoms with Gasteiger partial charge in [-0.3, -0.25) is 4.79 Å². The van der Waals surface area contributed by atoms with Crippen molar-refractivity contribution in [3.63, 3.8) is 0 Å². The second kappa shape index (κ2) is 5.61. The first-order valence-electron chi connectivity index (χ1n) is 5.35. The molecule has 0 bridgehead atoms. The third-order valence-electron chi connectivity index (χ3n) is 2.94. The first kappa shape index (κ1) is 14.1. The predicted octanol–water partition coefficient (Wildman–Crippen LogP) is 3.79. The Morgan fingerprint density at radius 3 is 2.53 bits per heavy atom. The molecular weight excluding hydrogens is 261 g/mol. The van der Waals surface area contributed by atoms with Gasteiger partial charge in [-0.15, -0.1) is 0 Å². The third-order valence-corrected chi connectivity index (χ3v) is 3.47. The molecule has 0 fully saturated rings. The van der Waals surface area contributed by atoms with Crippen LogP contribution in [0, 0.1) is 5.92 Å². The van der Waals surface area contributed by atoms with Crippen molar-refractivity contribution in [2.45, 2.75) is 26.2 Å². The minimum atomic E-state index is -0.913. The summed E-state index contributed by atoms with van der Waals surface area (Å²) in [7, 11) is 0. The highest BCUT2D eigenvalue weighted by Crippen LogP contribution is 2.36. The molecular formula is C12H15Cl2NO2. The van der Waals surface area contributed by atoms with E-state index in [0.29, 0.717) is 21.3 Å². The van der Waals surface area contributed by atoms with Gasteiger partial charge in [0.25, 0.3) is 0 Å². The quantitative estimate of drug-likeness (QED) is 0.822. The van der Waals surface area contributed by atoms with Gasteiger partial charge in [0.1, 0.15) is 0 Å². The maximum Gasteiger partial charge on any atom is 0.311 e. The number of nitrogens with two attached hydrogens (primary N) is 1. The second-order valence-corrected chi connectivity index (χ2v) is 4.94. The Labute approximate surface area is 111 Å². The molecule has 0 aromatic heterocycles. The summed E-state index contributed by atoms with van der Waals surface area (Å²) in [6.07, 6.45) is 0.737. The zero-order valence-electron chi connectivity index (χ0n) is 9.71. The summed E-state index contributed by atoms with van der Waals surface area (Å²) in [5.41, 5.74) is 6.61. The molecule has 0 aliphatic rings. The van der Waals surface area contributed by atoms with E-state index in [9.17, 15) is 9.90 Å². The molecule has 0 amide bonds. The topological polar surface area (TPSA) is 63.3 Å². The van der Waals surface area contributed by atoms with Crippen LogP contribution >= 0.6 is 23.2 Å². The molecule has 1 aromatic carbocycles. The van der Waals surface area contributed by atoms with Crippen LogP contribution in [0.1, 0.15) is 31.7 Å². The van der Waals surface area contributed by atoms with Crippen molar-refractivity contribution in [2.24, 2.45) is 5.92 Å². The Hall–Kier alpha value is -0.930. The van der Waals surface area contributed by atoms with Gasteiger partial charge in [0.2, 0.25) is 0 Å². The molecule has 5 heteroatoms. The fraction of sp³-hybridized carbons (Fsp3) is 0.417. The fourth-order valence-electron chi connectivity index (χ4n) is 1.78. The van der Waals surface area contributed by atoms with Gasteiger partial charge in [-0.2, -0.15) is 0 Å². The Morgan fingerprint density at radius 2 is 2.06 bits per heavy atom. The van der Waals surface area contributed by atoms with E-state index >= 15 is 0 Å². The number of rotatable bonds is 4. The van der Waals surface area contributed by atoms with Gasteiger partial charge < -0.3 is 10.8 Å². The zero-order chi connectivity index (χ0) is 13.2. The molecule has 0 spiro atoms. The monoisotopic (exact) mass is 275 g/mol. The van der Waals surface area contributed by atoms with Crippen LogP contribution in [0.15, 0.2) is 12.1 Å². The number of carbonyl (C=O) groups is 1. The van der Waals surface area contributed by atoms with Crippen LogP contribution in [0.2, 0.25) is 10.0 Å². The lowest BCUT2D eigenvalue weighted by Crippen LogP contribution is -2.20. The highest BCUT2D eigenvalue weighted by molar-refractivity contribution is 6.36. The molecule has 0 aliphatic carbocycles. The summed E-state index contributed by atoms with van der Waals surface area (Å²) < 4.78 is 0. The summed E-state index contributed by atoms with van der Waals surface area (Å²) in [4.78, 5) is 11.3. The largest absolute Gasteiger partial charge is 0.481 e. The van der Waals surface area contributed by atoms with Crippen LogP contribution in [0.4, 0.5) is 5.69 Å². The average Bonchev–Trinajstić information content (AvgIpc) is 2.24. The minimum Gasteiger partial charge on any atom is -0.481 e. The summed E-state index contributed by atoms with van der Waals surface area (Å²) in [6, 6.07) is 3.09. The number of carboxylic acid groups (broad SMARTS) is 1.